The number of rotatable bonds is 5. The molecule has 5 nitrogen and oxygen atoms in total. The zero-order valence-electron chi connectivity index (χ0n) is 13.4. The Morgan fingerprint density at radius 1 is 1.27 bits per heavy atom. The van der Waals surface area contributed by atoms with Crippen molar-refractivity contribution in [3.63, 3.8) is 0 Å². The number of thioether (sulfide) groups is 1. The summed E-state index contributed by atoms with van der Waals surface area (Å²) < 4.78 is 0. The molecule has 1 amide bonds. The van der Waals surface area contributed by atoms with E-state index < -0.39 is 0 Å². The van der Waals surface area contributed by atoms with Gasteiger partial charge in [0.2, 0.25) is 5.91 Å². The second-order valence-corrected chi connectivity index (χ2v) is 7.53. The van der Waals surface area contributed by atoms with E-state index in [1.807, 2.05) is 39.5 Å². The number of nitrogens with one attached hydrogen (secondary N) is 1. The number of pyridine rings is 1. The molecule has 0 aromatic carbocycles. The zero-order valence-corrected chi connectivity index (χ0v) is 15.0. The fourth-order valence-corrected chi connectivity index (χ4v) is 3.46. The standard InChI is InChI=1S/C15H21ClN4OS/c1-8(2)20(9(3)4)14(21)10(5)22-15-18-12-6-11(16)7-17-13(12)19-15/h6-10H,1-5H3,(H,17,18,19)/t10-/m0/s1. The minimum atomic E-state index is -0.221. The summed E-state index contributed by atoms with van der Waals surface area (Å²) in [6.45, 7) is 10.0. The Morgan fingerprint density at radius 2 is 1.91 bits per heavy atom. The van der Waals surface area contributed by atoms with Gasteiger partial charge in [-0.05, 0) is 40.7 Å². The zero-order chi connectivity index (χ0) is 16.4. The summed E-state index contributed by atoms with van der Waals surface area (Å²) in [7, 11) is 0. The first-order chi connectivity index (χ1) is 10.3. The van der Waals surface area contributed by atoms with Gasteiger partial charge in [-0.2, -0.15) is 0 Å². The SMILES string of the molecule is CC(C)N(C(=O)[C@H](C)Sc1nc2ncc(Cl)cc2[nH]1)C(C)C. The van der Waals surface area contributed by atoms with Crippen LogP contribution in [0, 0.1) is 0 Å². The van der Waals surface area contributed by atoms with Crippen LogP contribution in [0.3, 0.4) is 0 Å². The van der Waals surface area contributed by atoms with Crippen molar-refractivity contribution in [1.29, 1.82) is 0 Å². The van der Waals surface area contributed by atoms with E-state index in [4.69, 9.17) is 11.6 Å². The maximum absolute atomic E-state index is 12.6. The number of hydrogen-bond donors (Lipinski definition) is 1. The van der Waals surface area contributed by atoms with E-state index in [1.54, 1.807) is 12.3 Å². The fraction of sp³-hybridized carbons (Fsp3) is 0.533. The molecule has 0 saturated heterocycles. The molecular weight excluding hydrogens is 320 g/mol. The van der Waals surface area contributed by atoms with Gasteiger partial charge in [-0.1, -0.05) is 23.4 Å². The molecule has 0 aliphatic heterocycles. The van der Waals surface area contributed by atoms with Gasteiger partial charge in [-0.15, -0.1) is 0 Å². The van der Waals surface area contributed by atoms with Crippen molar-refractivity contribution in [3.05, 3.63) is 17.3 Å². The van der Waals surface area contributed by atoms with E-state index in [0.29, 0.717) is 15.8 Å². The molecule has 1 atom stereocenters. The molecule has 0 saturated carbocycles. The number of carbonyl (C=O) groups is 1. The number of imidazole rings is 1. The van der Waals surface area contributed by atoms with Crippen LogP contribution in [-0.4, -0.2) is 43.1 Å². The molecule has 22 heavy (non-hydrogen) atoms. The third-order valence-corrected chi connectivity index (χ3v) is 4.46. The Kier molecular flexibility index (Phi) is 5.34. The smallest absolute Gasteiger partial charge is 0.236 e. The Morgan fingerprint density at radius 3 is 2.50 bits per heavy atom. The molecule has 0 aliphatic carbocycles. The number of aromatic amines is 1. The van der Waals surface area contributed by atoms with Crippen molar-refractivity contribution < 1.29 is 4.79 Å². The molecule has 1 N–H and O–H groups in total. The third-order valence-electron chi connectivity index (χ3n) is 3.29. The van der Waals surface area contributed by atoms with Crippen molar-refractivity contribution in [2.75, 3.05) is 0 Å². The van der Waals surface area contributed by atoms with E-state index in [9.17, 15) is 4.79 Å². The summed E-state index contributed by atoms with van der Waals surface area (Å²) in [4.78, 5) is 26.2. The second kappa shape index (κ2) is 6.87. The molecule has 2 aromatic rings. The topological polar surface area (TPSA) is 61.9 Å². The van der Waals surface area contributed by atoms with E-state index >= 15 is 0 Å². The summed E-state index contributed by atoms with van der Waals surface area (Å²) in [5.41, 5.74) is 1.38. The summed E-state index contributed by atoms with van der Waals surface area (Å²) in [6, 6.07) is 2.13. The number of fused-ring (bicyclic) bond motifs is 1. The molecule has 2 heterocycles. The molecule has 0 bridgehead atoms. The van der Waals surface area contributed by atoms with Gasteiger partial charge >= 0.3 is 0 Å². The first-order valence-electron chi connectivity index (χ1n) is 7.29. The Balaban J connectivity index is 2.15. The van der Waals surface area contributed by atoms with Crippen LogP contribution in [0.2, 0.25) is 5.02 Å². The van der Waals surface area contributed by atoms with Crippen LogP contribution in [0.1, 0.15) is 34.6 Å². The van der Waals surface area contributed by atoms with Crippen LogP contribution in [-0.2, 0) is 4.79 Å². The normalized spacial score (nSPS) is 13.1. The highest BCUT2D eigenvalue weighted by Crippen LogP contribution is 2.26. The minimum Gasteiger partial charge on any atom is -0.337 e. The number of aromatic nitrogens is 3. The number of hydrogen-bond acceptors (Lipinski definition) is 4. The lowest BCUT2D eigenvalue weighted by Gasteiger charge is -2.32. The number of nitrogens with zero attached hydrogens (tertiary/aromatic N) is 3. The van der Waals surface area contributed by atoms with Gasteiger partial charge in [0.1, 0.15) is 0 Å². The van der Waals surface area contributed by atoms with Crippen LogP contribution < -0.4 is 0 Å². The monoisotopic (exact) mass is 340 g/mol. The Bertz CT molecular complexity index is 663. The first kappa shape index (κ1) is 17.1. The largest absolute Gasteiger partial charge is 0.337 e. The highest BCUT2D eigenvalue weighted by Gasteiger charge is 2.26. The first-order valence-corrected chi connectivity index (χ1v) is 8.55. The van der Waals surface area contributed by atoms with Gasteiger partial charge in [0, 0.05) is 18.3 Å². The van der Waals surface area contributed by atoms with E-state index in [2.05, 4.69) is 15.0 Å². The van der Waals surface area contributed by atoms with Crippen LogP contribution >= 0.6 is 23.4 Å². The lowest BCUT2D eigenvalue weighted by Crippen LogP contribution is -2.45. The molecule has 120 valence electrons. The van der Waals surface area contributed by atoms with E-state index in [1.165, 1.54) is 11.8 Å². The Labute approximate surface area is 139 Å². The average Bonchev–Trinajstić information content (AvgIpc) is 2.78. The van der Waals surface area contributed by atoms with Gasteiger partial charge in [0.05, 0.1) is 15.8 Å². The maximum Gasteiger partial charge on any atom is 0.236 e. The van der Waals surface area contributed by atoms with Gasteiger partial charge in [0.25, 0.3) is 0 Å². The van der Waals surface area contributed by atoms with Crippen molar-refractivity contribution >= 4 is 40.4 Å². The van der Waals surface area contributed by atoms with Crippen molar-refractivity contribution in [2.45, 2.75) is 57.1 Å². The number of amides is 1. The van der Waals surface area contributed by atoms with Gasteiger partial charge < -0.3 is 9.88 Å². The van der Waals surface area contributed by atoms with E-state index in [-0.39, 0.29) is 23.2 Å². The lowest BCUT2D eigenvalue weighted by atomic mass is 10.2. The fourth-order valence-electron chi connectivity index (χ4n) is 2.44. The summed E-state index contributed by atoms with van der Waals surface area (Å²) in [5, 5.41) is 1.02. The third kappa shape index (κ3) is 3.73. The highest BCUT2D eigenvalue weighted by molar-refractivity contribution is 8.00. The van der Waals surface area contributed by atoms with Crippen LogP contribution in [0.15, 0.2) is 17.4 Å². The molecule has 0 radical (unpaired) electrons. The average molecular weight is 341 g/mol. The quantitative estimate of drug-likeness (QED) is 0.842. The highest BCUT2D eigenvalue weighted by atomic mass is 35.5. The molecular formula is C15H21ClN4OS. The molecule has 0 aliphatic rings. The second-order valence-electron chi connectivity index (χ2n) is 5.76. The van der Waals surface area contributed by atoms with Crippen molar-refractivity contribution in [2.24, 2.45) is 0 Å². The van der Waals surface area contributed by atoms with E-state index in [0.717, 1.165) is 5.52 Å². The molecule has 0 unspecified atom stereocenters. The Hall–Kier alpha value is -1.27. The van der Waals surface area contributed by atoms with Gasteiger partial charge in [-0.3, -0.25) is 4.79 Å². The summed E-state index contributed by atoms with van der Waals surface area (Å²) >= 11 is 7.32. The van der Waals surface area contributed by atoms with Gasteiger partial charge in [-0.25, -0.2) is 9.97 Å². The van der Waals surface area contributed by atoms with Crippen LogP contribution in [0.5, 0.6) is 0 Å². The summed E-state index contributed by atoms with van der Waals surface area (Å²) in [6.07, 6.45) is 1.56. The number of halogens is 1. The molecule has 2 aromatic heterocycles. The number of carbonyl (C=O) groups excluding carboxylic acids is 1. The van der Waals surface area contributed by atoms with Crippen LogP contribution in [0.4, 0.5) is 0 Å². The van der Waals surface area contributed by atoms with Crippen molar-refractivity contribution in [1.82, 2.24) is 19.9 Å². The molecule has 2 rings (SSSR count). The number of H-pyrrole nitrogens is 1. The molecule has 7 heteroatoms. The maximum atomic E-state index is 12.6. The van der Waals surface area contributed by atoms with Crippen LogP contribution in [0.25, 0.3) is 11.2 Å². The van der Waals surface area contributed by atoms with Crippen molar-refractivity contribution in [3.8, 4) is 0 Å². The molecule has 0 fully saturated rings. The predicted octanol–water partition coefficient (Wildman–Crippen LogP) is 3.74. The summed E-state index contributed by atoms with van der Waals surface area (Å²) in [5.74, 6) is 0.112. The van der Waals surface area contributed by atoms with Gasteiger partial charge in [0.15, 0.2) is 10.8 Å². The minimum absolute atomic E-state index is 0.112. The predicted molar refractivity (Wildman–Crippen MR) is 91.3 cm³/mol. The molecule has 0 spiro atoms. The lowest BCUT2D eigenvalue weighted by molar-refractivity contribution is -0.133.